The monoisotopic (exact) mass is 211 g/mol. The summed E-state index contributed by atoms with van der Waals surface area (Å²) in [5.41, 5.74) is 0. The van der Waals surface area contributed by atoms with Crippen LogP contribution in [0, 0.1) is 0 Å². The fraction of sp³-hybridized carbons (Fsp3) is 0.600. The van der Waals surface area contributed by atoms with E-state index in [0.29, 0.717) is 6.42 Å². The van der Waals surface area contributed by atoms with Gasteiger partial charge in [0.05, 0.1) is 6.54 Å². The van der Waals surface area contributed by atoms with E-state index in [1.54, 1.807) is 6.20 Å². The highest BCUT2D eigenvalue weighted by molar-refractivity contribution is 5.66. The third kappa shape index (κ3) is 4.12. The van der Waals surface area contributed by atoms with Crippen LogP contribution >= 0.6 is 0 Å². The largest absolute Gasteiger partial charge is 0.481 e. The van der Waals surface area contributed by atoms with Crippen LogP contribution in [0.25, 0.3) is 0 Å². The maximum absolute atomic E-state index is 10.3. The lowest BCUT2D eigenvalue weighted by molar-refractivity contribution is -0.137. The molecule has 1 heterocycles. The minimum atomic E-state index is -0.736. The molecule has 0 spiro atoms. The van der Waals surface area contributed by atoms with E-state index in [1.165, 1.54) is 0 Å². The van der Waals surface area contributed by atoms with Crippen LogP contribution in [0.15, 0.2) is 12.4 Å². The number of carboxylic acid groups (broad SMARTS) is 1. The van der Waals surface area contributed by atoms with Gasteiger partial charge < -0.3 is 9.67 Å². The topological polar surface area (TPSA) is 58.4 Å². The molecular weight excluding hydrogens is 194 g/mol. The Morgan fingerprint density at radius 2 is 2.40 bits per heavy atom. The summed E-state index contributed by atoms with van der Waals surface area (Å²) in [4.78, 5) is 16.6. The van der Waals surface area contributed by atoms with Gasteiger partial charge in [-0.15, -0.1) is 0 Å². The van der Waals surface area contributed by atoms with Crippen LogP contribution in [0.2, 0.25) is 0 Å². The molecule has 0 atom stereocenters. The van der Waals surface area contributed by atoms with Gasteiger partial charge in [-0.1, -0.05) is 0 Å². The van der Waals surface area contributed by atoms with Crippen molar-refractivity contribution in [3.8, 4) is 0 Å². The van der Waals surface area contributed by atoms with Crippen molar-refractivity contribution in [3.05, 3.63) is 18.2 Å². The molecule has 1 rings (SSSR count). The third-order valence-electron chi connectivity index (χ3n) is 2.26. The molecule has 5 heteroatoms. The number of rotatable bonds is 6. The summed E-state index contributed by atoms with van der Waals surface area (Å²) in [6, 6.07) is 0. The maximum Gasteiger partial charge on any atom is 0.303 e. The highest BCUT2D eigenvalue weighted by Crippen LogP contribution is 2.01. The predicted octanol–water partition coefficient (Wildman–Crippen LogP) is 0.717. The average Bonchev–Trinajstić information content (AvgIpc) is 2.51. The van der Waals surface area contributed by atoms with Crippen LogP contribution in [0.4, 0.5) is 0 Å². The molecule has 1 N–H and O–H groups in total. The van der Waals surface area contributed by atoms with E-state index in [-0.39, 0.29) is 6.42 Å². The summed E-state index contributed by atoms with van der Waals surface area (Å²) in [5, 5.41) is 8.49. The molecule has 0 saturated heterocycles. The summed E-state index contributed by atoms with van der Waals surface area (Å²) in [6.07, 6.45) is 4.57. The molecule has 0 unspecified atom stereocenters. The number of nitrogens with zero attached hydrogens (tertiary/aromatic N) is 3. The minimum absolute atomic E-state index is 0.227. The lowest BCUT2D eigenvalue weighted by Gasteiger charge is -2.15. The number of carbonyl (C=O) groups is 1. The van der Waals surface area contributed by atoms with Crippen LogP contribution in [0.3, 0.4) is 0 Å². The van der Waals surface area contributed by atoms with Crippen molar-refractivity contribution in [3.63, 3.8) is 0 Å². The summed E-state index contributed by atoms with van der Waals surface area (Å²) < 4.78 is 1.97. The van der Waals surface area contributed by atoms with Crippen molar-refractivity contribution in [2.45, 2.75) is 19.4 Å². The van der Waals surface area contributed by atoms with Crippen molar-refractivity contribution < 1.29 is 9.90 Å². The standard InChI is InChI=1S/C10H17N3O2/c1-12(6-3-4-10(14)15)8-9-11-5-7-13(9)2/h5,7H,3-4,6,8H2,1-2H3,(H,14,15). The minimum Gasteiger partial charge on any atom is -0.481 e. The normalized spacial score (nSPS) is 10.9. The van der Waals surface area contributed by atoms with Gasteiger partial charge in [0.15, 0.2) is 0 Å². The smallest absolute Gasteiger partial charge is 0.303 e. The first-order chi connectivity index (χ1) is 7.09. The first-order valence-electron chi connectivity index (χ1n) is 4.96. The van der Waals surface area contributed by atoms with Crippen LogP contribution in [-0.4, -0.2) is 39.1 Å². The lowest BCUT2D eigenvalue weighted by Crippen LogP contribution is -2.21. The number of hydrogen-bond donors (Lipinski definition) is 1. The number of aryl methyl sites for hydroxylation is 1. The Hall–Kier alpha value is -1.36. The Kier molecular flexibility index (Phi) is 4.30. The first kappa shape index (κ1) is 11.7. The molecule has 0 fully saturated rings. The van der Waals surface area contributed by atoms with Gasteiger partial charge in [0.1, 0.15) is 5.82 Å². The van der Waals surface area contributed by atoms with Gasteiger partial charge in [0.2, 0.25) is 0 Å². The summed E-state index contributed by atoms with van der Waals surface area (Å²) >= 11 is 0. The quantitative estimate of drug-likeness (QED) is 0.753. The van der Waals surface area contributed by atoms with E-state index in [2.05, 4.69) is 9.88 Å². The molecule has 0 aromatic carbocycles. The Balaban J connectivity index is 2.27. The van der Waals surface area contributed by atoms with Gasteiger partial charge in [-0.05, 0) is 20.0 Å². The highest BCUT2D eigenvalue weighted by atomic mass is 16.4. The Morgan fingerprint density at radius 3 is 2.93 bits per heavy atom. The second-order valence-corrected chi connectivity index (χ2v) is 3.69. The maximum atomic E-state index is 10.3. The van der Waals surface area contributed by atoms with E-state index in [4.69, 9.17) is 5.11 Å². The SMILES string of the molecule is CN(CCCC(=O)O)Cc1nccn1C. The van der Waals surface area contributed by atoms with Crippen molar-refractivity contribution in [1.29, 1.82) is 0 Å². The van der Waals surface area contributed by atoms with Gasteiger partial charge in [-0.2, -0.15) is 0 Å². The molecule has 1 aromatic heterocycles. The van der Waals surface area contributed by atoms with Gasteiger partial charge in [-0.3, -0.25) is 9.69 Å². The van der Waals surface area contributed by atoms with E-state index in [0.717, 1.165) is 18.9 Å². The van der Waals surface area contributed by atoms with Gasteiger partial charge in [0.25, 0.3) is 0 Å². The molecule has 0 aliphatic carbocycles. The average molecular weight is 211 g/mol. The summed E-state index contributed by atoms with van der Waals surface area (Å²) in [7, 11) is 3.92. The molecule has 84 valence electrons. The van der Waals surface area contributed by atoms with Crippen molar-refractivity contribution in [2.75, 3.05) is 13.6 Å². The third-order valence-corrected chi connectivity index (χ3v) is 2.26. The second-order valence-electron chi connectivity index (χ2n) is 3.69. The van der Waals surface area contributed by atoms with Gasteiger partial charge in [0, 0.05) is 25.9 Å². The van der Waals surface area contributed by atoms with E-state index in [1.807, 2.05) is 24.9 Å². The van der Waals surface area contributed by atoms with Gasteiger partial charge >= 0.3 is 5.97 Å². The zero-order valence-electron chi connectivity index (χ0n) is 9.18. The Bertz CT molecular complexity index is 322. The number of imidazole rings is 1. The molecule has 0 saturated carbocycles. The molecule has 0 aliphatic rings. The number of hydrogen-bond acceptors (Lipinski definition) is 3. The molecule has 15 heavy (non-hydrogen) atoms. The van der Waals surface area contributed by atoms with Crippen molar-refractivity contribution in [1.82, 2.24) is 14.5 Å². The van der Waals surface area contributed by atoms with Crippen LogP contribution in [0.1, 0.15) is 18.7 Å². The van der Waals surface area contributed by atoms with Crippen LogP contribution < -0.4 is 0 Å². The molecule has 0 aliphatic heterocycles. The first-order valence-corrected chi connectivity index (χ1v) is 4.96. The van der Waals surface area contributed by atoms with Crippen LogP contribution in [-0.2, 0) is 18.4 Å². The highest BCUT2D eigenvalue weighted by Gasteiger charge is 2.05. The zero-order chi connectivity index (χ0) is 11.3. The fourth-order valence-corrected chi connectivity index (χ4v) is 1.37. The van der Waals surface area contributed by atoms with E-state index >= 15 is 0 Å². The lowest BCUT2D eigenvalue weighted by atomic mass is 10.3. The molecule has 0 amide bonds. The number of aliphatic carboxylic acids is 1. The second kappa shape index (κ2) is 5.50. The number of aromatic nitrogens is 2. The van der Waals surface area contributed by atoms with E-state index in [9.17, 15) is 4.79 Å². The Morgan fingerprint density at radius 1 is 1.67 bits per heavy atom. The van der Waals surface area contributed by atoms with Crippen molar-refractivity contribution >= 4 is 5.97 Å². The molecule has 0 radical (unpaired) electrons. The summed E-state index contributed by atoms with van der Waals surface area (Å²) in [5.74, 6) is 0.258. The Labute approximate surface area is 89.3 Å². The molecule has 1 aromatic rings. The van der Waals surface area contributed by atoms with Gasteiger partial charge in [-0.25, -0.2) is 4.98 Å². The number of carboxylic acids is 1. The molecule has 0 bridgehead atoms. The molecule has 5 nitrogen and oxygen atoms in total. The zero-order valence-corrected chi connectivity index (χ0v) is 9.18. The summed E-state index contributed by atoms with van der Waals surface area (Å²) in [6.45, 7) is 1.53. The predicted molar refractivity (Wildman–Crippen MR) is 56.4 cm³/mol. The van der Waals surface area contributed by atoms with Crippen LogP contribution in [0.5, 0.6) is 0 Å². The molecular formula is C10H17N3O2. The fourth-order valence-electron chi connectivity index (χ4n) is 1.37. The van der Waals surface area contributed by atoms with Crippen molar-refractivity contribution in [2.24, 2.45) is 7.05 Å². The van der Waals surface area contributed by atoms with E-state index < -0.39 is 5.97 Å².